The summed E-state index contributed by atoms with van der Waals surface area (Å²) in [6.07, 6.45) is -1.43. The van der Waals surface area contributed by atoms with Gasteiger partial charge in [-0.1, -0.05) is 0 Å². The Morgan fingerprint density at radius 3 is 2.83 bits per heavy atom. The summed E-state index contributed by atoms with van der Waals surface area (Å²) < 4.78 is 10.1. The third-order valence-corrected chi connectivity index (χ3v) is 2.72. The van der Waals surface area contributed by atoms with Crippen molar-refractivity contribution < 1.29 is 19.1 Å². The van der Waals surface area contributed by atoms with Crippen LogP contribution in [0.3, 0.4) is 0 Å². The number of fused-ring (bicyclic) bond motifs is 1. The third kappa shape index (κ3) is 1.85. The molecule has 0 saturated heterocycles. The summed E-state index contributed by atoms with van der Waals surface area (Å²) in [6.45, 7) is 1.59. The Labute approximate surface area is 104 Å². The van der Waals surface area contributed by atoms with Gasteiger partial charge in [0.25, 0.3) is 5.91 Å². The number of ether oxygens (including phenoxy) is 2. The fourth-order valence-electron chi connectivity index (χ4n) is 1.77. The minimum Gasteiger partial charge on any atom is -0.479 e. The number of nitrogens with one attached hydrogen (secondary N) is 1. The number of benzene rings is 1. The lowest BCUT2D eigenvalue weighted by Crippen LogP contribution is -2.47. The van der Waals surface area contributed by atoms with Crippen LogP contribution in [-0.4, -0.2) is 32.3 Å². The molecular weight excluding hydrogens is 236 g/mol. The number of carbonyl (C=O) groups is 2. The van der Waals surface area contributed by atoms with E-state index in [-0.39, 0.29) is 0 Å². The minimum absolute atomic E-state index is 0.386. The molecule has 2 rings (SSSR count). The summed E-state index contributed by atoms with van der Waals surface area (Å²) in [4.78, 5) is 24.7. The van der Waals surface area contributed by atoms with Crippen molar-refractivity contribution >= 4 is 23.4 Å². The van der Waals surface area contributed by atoms with Crippen LogP contribution in [0.1, 0.15) is 6.92 Å². The summed E-state index contributed by atoms with van der Waals surface area (Å²) in [5.74, 6) is 0.0362. The third-order valence-electron chi connectivity index (χ3n) is 2.72. The van der Waals surface area contributed by atoms with Gasteiger partial charge in [0.1, 0.15) is 5.75 Å². The van der Waals surface area contributed by atoms with Crippen LogP contribution >= 0.6 is 0 Å². The summed E-state index contributed by atoms with van der Waals surface area (Å²) in [7, 11) is 2.98. The molecule has 1 aromatic carbocycles. The standard InChI is InChI=1S/C12H14N2O4/c1-7-11(15)14(12(16)17-3)9-6-8(13-2)4-5-10(9)18-7/h4-7,13H,1-3H3. The van der Waals surface area contributed by atoms with Crippen molar-refractivity contribution in [3.8, 4) is 5.75 Å². The Hall–Kier alpha value is -2.24. The van der Waals surface area contributed by atoms with Crippen LogP contribution < -0.4 is 15.0 Å². The molecule has 2 amide bonds. The second kappa shape index (κ2) is 4.56. The lowest BCUT2D eigenvalue weighted by atomic mass is 10.2. The maximum absolute atomic E-state index is 12.0. The van der Waals surface area contributed by atoms with Gasteiger partial charge in [-0.2, -0.15) is 0 Å². The largest absolute Gasteiger partial charge is 0.479 e. The Balaban J connectivity index is 2.53. The SMILES string of the molecule is CNc1ccc2c(c1)N(C(=O)OC)C(=O)C(C)O2. The highest BCUT2D eigenvalue weighted by Gasteiger charge is 2.36. The van der Waals surface area contributed by atoms with Gasteiger partial charge >= 0.3 is 6.09 Å². The van der Waals surface area contributed by atoms with E-state index in [0.717, 1.165) is 10.6 Å². The molecule has 0 fully saturated rings. The predicted molar refractivity (Wildman–Crippen MR) is 66.0 cm³/mol. The lowest BCUT2D eigenvalue weighted by Gasteiger charge is -2.30. The van der Waals surface area contributed by atoms with Gasteiger partial charge in [0.05, 0.1) is 12.8 Å². The second-order valence-corrected chi connectivity index (χ2v) is 3.84. The normalized spacial score (nSPS) is 17.8. The number of imide groups is 1. The highest BCUT2D eigenvalue weighted by atomic mass is 16.5. The van der Waals surface area contributed by atoms with Gasteiger partial charge in [-0.05, 0) is 25.1 Å². The fourth-order valence-corrected chi connectivity index (χ4v) is 1.77. The molecule has 1 aliphatic heterocycles. The number of amides is 2. The van der Waals surface area contributed by atoms with Crippen molar-refractivity contribution in [1.82, 2.24) is 0 Å². The highest BCUT2D eigenvalue weighted by Crippen LogP contribution is 2.36. The van der Waals surface area contributed by atoms with Crippen LogP contribution in [-0.2, 0) is 9.53 Å². The molecule has 1 aliphatic rings. The van der Waals surface area contributed by atoms with Crippen molar-refractivity contribution in [2.24, 2.45) is 0 Å². The maximum atomic E-state index is 12.0. The fraction of sp³-hybridized carbons (Fsp3) is 0.333. The van der Waals surface area contributed by atoms with Crippen LogP contribution in [0.2, 0.25) is 0 Å². The molecule has 96 valence electrons. The van der Waals surface area contributed by atoms with E-state index in [0.29, 0.717) is 11.4 Å². The van der Waals surface area contributed by atoms with Crippen LogP contribution in [0.4, 0.5) is 16.2 Å². The van der Waals surface area contributed by atoms with Gasteiger partial charge in [-0.15, -0.1) is 0 Å². The molecule has 0 saturated carbocycles. The number of carbonyl (C=O) groups excluding carboxylic acids is 2. The van der Waals surface area contributed by atoms with E-state index >= 15 is 0 Å². The second-order valence-electron chi connectivity index (χ2n) is 3.84. The van der Waals surface area contributed by atoms with Crippen LogP contribution in [0.15, 0.2) is 18.2 Å². The first-order chi connectivity index (χ1) is 8.58. The summed E-state index contributed by atoms with van der Waals surface area (Å²) in [6, 6.07) is 5.17. The number of rotatable bonds is 1. The topological polar surface area (TPSA) is 67.9 Å². The van der Waals surface area contributed by atoms with Crippen LogP contribution in [0.25, 0.3) is 0 Å². The molecule has 1 atom stereocenters. The zero-order valence-electron chi connectivity index (χ0n) is 10.4. The molecule has 6 nitrogen and oxygen atoms in total. The van der Waals surface area contributed by atoms with Gasteiger partial charge in [0, 0.05) is 12.7 Å². The van der Waals surface area contributed by atoms with Crippen molar-refractivity contribution in [3.05, 3.63) is 18.2 Å². The molecule has 1 heterocycles. The van der Waals surface area contributed by atoms with Crippen molar-refractivity contribution in [2.45, 2.75) is 13.0 Å². The zero-order chi connectivity index (χ0) is 13.3. The van der Waals surface area contributed by atoms with Crippen LogP contribution in [0, 0.1) is 0 Å². The summed E-state index contributed by atoms with van der Waals surface area (Å²) >= 11 is 0. The van der Waals surface area contributed by atoms with E-state index < -0.39 is 18.1 Å². The number of methoxy groups -OCH3 is 1. The number of nitrogens with zero attached hydrogens (tertiary/aromatic N) is 1. The minimum atomic E-state index is -0.718. The van der Waals surface area contributed by atoms with E-state index in [4.69, 9.17) is 4.74 Å². The van der Waals surface area contributed by atoms with Gasteiger partial charge in [0.15, 0.2) is 6.10 Å². The van der Waals surface area contributed by atoms with Gasteiger partial charge in [-0.3, -0.25) is 4.79 Å². The van der Waals surface area contributed by atoms with Crippen molar-refractivity contribution in [3.63, 3.8) is 0 Å². The molecule has 6 heteroatoms. The number of anilines is 2. The highest BCUT2D eigenvalue weighted by molar-refractivity contribution is 6.16. The lowest BCUT2D eigenvalue weighted by molar-refractivity contribution is -0.125. The molecule has 0 aromatic heterocycles. The van der Waals surface area contributed by atoms with E-state index in [9.17, 15) is 9.59 Å². The van der Waals surface area contributed by atoms with Crippen molar-refractivity contribution in [2.75, 3.05) is 24.4 Å². The summed E-state index contributed by atoms with van der Waals surface area (Å²) in [5.41, 5.74) is 1.16. The Morgan fingerprint density at radius 2 is 2.22 bits per heavy atom. The molecule has 0 radical (unpaired) electrons. The molecule has 0 bridgehead atoms. The van der Waals surface area contributed by atoms with Gasteiger partial charge < -0.3 is 14.8 Å². The average molecular weight is 250 g/mol. The van der Waals surface area contributed by atoms with Crippen molar-refractivity contribution in [1.29, 1.82) is 0 Å². The first kappa shape index (κ1) is 12.2. The maximum Gasteiger partial charge on any atom is 0.421 e. The van der Waals surface area contributed by atoms with Crippen LogP contribution in [0.5, 0.6) is 5.75 Å². The molecule has 0 aliphatic carbocycles. The smallest absolute Gasteiger partial charge is 0.421 e. The van der Waals surface area contributed by atoms with Gasteiger partial charge in [0.2, 0.25) is 0 Å². The molecule has 1 aromatic rings. The van der Waals surface area contributed by atoms with E-state index in [2.05, 4.69) is 10.1 Å². The molecule has 0 spiro atoms. The zero-order valence-corrected chi connectivity index (χ0v) is 10.4. The summed E-state index contributed by atoms with van der Waals surface area (Å²) in [5, 5.41) is 2.93. The predicted octanol–water partition coefficient (Wildman–Crippen LogP) is 1.61. The first-order valence-corrected chi connectivity index (χ1v) is 5.49. The molecular formula is C12H14N2O4. The first-order valence-electron chi connectivity index (χ1n) is 5.49. The number of hydrogen-bond donors (Lipinski definition) is 1. The Kier molecular flexibility index (Phi) is 3.10. The molecule has 1 unspecified atom stereocenters. The quantitative estimate of drug-likeness (QED) is 0.820. The van der Waals surface area contributed by atoms with E-state index in [1.807, 2.05) is 0 Å². The average Bonchev–Trinajstić information content (AvgIpc) is 2.39. The van der Waals surface area contributed by atoms with Gasteiger partial charge in [-0.25, -0.2) is 9.69 Å². The molecule has 1 N–H and O–H groups in total. The Bertz CT molecular complexity index is 501. The monoisotopic (exact) mass is 250 g/mol. The van der Waals surface area contributed by atoms with E-state index in [1.54, 1.807) is 32.2 Å². The number of hydrogen-bond acceptors (Lipinski definition) is 5. The molecule has 18 heavy (non-hydrogen) atoms. The Morgan fingerprint density at radius 1 is 1.50 bits per heavy atom. The van der Waals surface area contributed by atoms with E-state index in [1.165, 1.54) is 7.11 Å².